The number of ether oxygens (including phenoxy) is 1. The van der Waals surface area contributed by atoms with Gasteiger partial charge >= 0.3 is 5.97 Å². The summed E-state index contributed by atoms with van der Waals surface area (Å²) < 4.78 is 5.08. The number of carboxylic acid groups (broad SMARTS) is 1. The van der Waals surface area contributed by atoms with Crippen molar-refractivity contribution in [3.8, 4) is 5.75 Å². The lowest BCUT2D eigenvalue weighted by molar-refractivity contribution is -0.148. The van der Waals surface area contributed by atoms with Gasteiger partial charge in [0.2, 0.25) is 5.91 Å². The van der Waals surface area contributed by atoms with Crippen molar-refractivity contribution in [3.63, 3.8) is 0 Å². The Morgan fingerprint density at radius 2 is 2.00 bits per heavy atom. The van der Waals surface area contributed by atoms with Crippen LogP contribution >= 0.6 is 0 Å². The molecule has 0 aromatic heterocycles. The van der Waals surface area contributed by atoms with Gasteiger partial charge in [0.05, 0.1) is 13.0 Å². The zero-order chi connectivity index (χ0) is 14.7. The molecule has 0 spiro atoms. The smallest absolute Gasteiger partial charge is 0.326 e. The molecule has 1 amide bonds. The summed E-state index contributed by atoms with van der Waals surface area (Å²) in [5, 5.41) is 9.14. The number of hydrogen-bond acceptors (Lipinski definition) is 3. The Hall–Kier alpha value is -2.04. The van der Waals surface area contributed by atoms with E-state index in [1.54, 1.807) is 26.2 Å². The largest absolute Gasteiger partial charge is 0.497 e. The van der Waals surface area contributed by atoms with Gasteiger partial charge in [-0.1, -0.05) is 12.1 Å². The highest BCUT2D eigenvalue weighted by molar-refractivity contribution is 5.88. The monoisotopic (exact) mass is 277 g/mol. The summed E-state index contributed by atoms with van der Waals surface area (Å²) >= 11 is 0. The zero-order valence-electron chi connectivity index (χ0n) is 11.7. The van der Waals surface area contributed by atoms with E-state index in [0.717, 1.165) is 17.7 Å². The van der Waals surface area contributed by atoms with Crippen molar-refractivity contribution in [2.45, 2.75) is 31.7 Å². The van der Waals surface area contributed by atoms with E-state index in [1.807, 2.05) is 12.1 Å². The maximum Gasteiger partial charge on any atom is 0.326 e. The van der Waals surface area contributed by atoms with E-state index in [2.05, 4.69) is 0 Å². The first-order valence-electron chi connectivity index (χ1n) is 6.72. The minimum atomic E-state index is -0.919. The van der Waals surface area contributed by atoms with Gasteiger partial charge in [-0.2, -0.15) is 0 Å². The highest BCUT2D eigenvalue weighted by atomic mass is 16.5. The molecule has 0 saturated carbocycles. The number of carbonyl (C=O) groups is 2. The summed E-state index contributed by atoms with van der Waals surface area (Å²) in [5.74, 6) is -0.656. The van der Waals surface area contributed by atoms with Crippen LogP contribution in [0.3, 0.4) is 0 Å². The fraction of sp³-hybridized carbons (Fsp3) is 0.467. The summed E-state index contributed by atoms with van der Waals surface area (Å²) in [6.45, 7) is 2.33. The van der Waals surface area contributed by atoms with Gasteiger partial charge in [-0.05, 0) is 37.5 Å². The standard InChI is InChI=1S/C15H19NO4/c1-10(11-5-7-12(20-2)8-6-11)14(17)16-9-3-4-13(16)15(18)19/h5-8,10,13H,3-4,9H2,1-2H3,(H,18,19). The van der Waals surface area contributed by atoms with Crippen LogP contribution in [-0.2, 0) is 9.59 Å². The molecular weight excluding hydrogens is 258 g/mol. The first-order chi connectivity index (χ1) is 9.54. The molecule has 1 saturated heterocycles. The molecule has 20 heavy (non-hydrogen) atoms. The molecule has 0 bridgehead atoms. The molecule has 1 heterocycles. The number of likely N-dealkylation sites (tertiary alicyclic amines) is 1. The number of carboxylic acids is 1. The molecule has 5 nitrogen and oxygen atoms in total. The number of rotatable bonds is 4. The lowest BCUT2D eigenvalue weighted by Crippen LogP contribution is -2.42. The average Bonchev–Trinajstić information content (AvgIpc) is 2.95. The highest BCUT2D eigenvalue weighted by Crippen LogP contribution is 2.26. The fourth-order valence-electron chi connectivity index (χ4n) is 2.57. The van der Waals surface area contributed by atoms with Crippen molar-refractivity contribution in [1.29, 1.82) is 0 Å². The Labute approximate surface area is 118 Å². The van der Waals surface area contributed by atoms with Crippen LogP contribution in [0.4, 0.5) is 0 Å². The van der Waals surface area contributed by atoms with Crippen LogP contribution in [-0.4, -0.2) is 41.6 Å². The van der Waals surface area contributed by atoms with Crippen molar-refractivity contribution < 1.29 is 19.4 Å². The average molecular weight is 277 g/mol. The van der Waals surface area contributed by atoms with Gasteiger partial charge in [0.1, 0.15) is 11.8 Å². The molecule has 1 N–H and O–H groups in total. The fourth-order valence-corrected chi connectivity index (χ4v) is 2.57. The first kappa shape index (κ1) is 14.4. The van der Waals surface area contributed by atoms with Crippen molar-refractivity contribution >= 4 is 11.9 Å². The van der Waals surface area contributed by atoms with Crippen LogP contribution in [0.5, 0.6) is 5.75 Å². The van der Waals surface area contributed by atoms with Crippen LogP contribution < -0.4 is 4.74 Å². The highest BCUT2D eigenvalue weighted by Gasteiger charge is 2.36. The van der Waals surface area contributed by atoms with Crippen molar-refractivity contribution in [2.24, 2.45) is 0 Å². The van der Waals surface area contributed by atoms with E-state index in [4.69, 9.17) is 9.84 Å². The number of benzene rings is 1. The number of carbonyl (C=O) groups excluding carboxylic acids is 1. The van der Waals surface area contributed by atoms with Gasteiger partial charge in [-0.25, -0.2) is 4.79 Å². The lowest BCUT2D eigenvalue weighted by Gasteiger charge is -2.25. The molecule has 5 heteroatoms. The Kier molecular flexibility index (Phi) is 4.27. The normalized spacial score (nSPS) is 19.7. The molecule has 2 rings (SSSR count). The summed E-state index contributed by atoms with van der Waals surface area (Å²) in [5.41, 5.74) is 0.867. The molecular formula is C15H19NO4. The van der Waals surface area contributed by atoms with Crippen LogP contribution in [0, 0.1) is 0 Å². The van der Waals surface area contributed by atoms with Gasteiger partial charge in [0.25, 0.3) is 0 Å². The third-order valence-corrected chi connectivity index (χ3v) is 3.81. The number of nitrogens with zero attached hydrogens (tertiary/aromatic N) is 1. The van der Waals surface area contributed by atoms with Gasteiger partial charge in [-0.3, -0.25) is 4.79 Å². The summed E-state index contributed by atoms with van der Waals surface area (Å²) in [4.78, 5) is 25.1. The molecule has 1 aromatic rings. The van der Waals surface area contributed by atoms with Crippen molar-refractivity contribution in [2.75, 3.05) is 13.7 Å². The van der Waals surface area contributed by atoms with E-state index in [0.29, 0.717) is 13.0 Å². The van der Waals surface area contributed by atoms with Gasteiger partial charge in [-0.15, -0.1) is 0 Å². The minimum absolute atomic E-state index is 0.125. The molecule has 1 aromatic carbocycles. The van der Waals surface area contributed by atoms with E-state index in [9.17, 15) is 9.59 Å². The second-order valence-electron chi connectivity index (χ2n) is 5.02. The Morgan fingerprint density at radius 3 is 2.55 bits per heavy atom. The molecule has 108 valence electrons. The van der Waals surface area contributed by atoms with Crippen LogP contribution in [0.15, 0.2) is 24.3 Å². The summed E-state index contributed by atoms with van der Waals surface area (Å²) in [7, 11) is 1.59. The van der Waals surface area contributed by atoms with Crippen molar-refractivity contribution in [3.05, 3.63) is 29.8 Å². The van der Waals surface area contributed by atoms with Crippen LogP contribution in [0.25, 0.3) is 0 Å². The number of hydrogen-bond donors (Lipinski definition) is 1. The predicted molar refractivity (Wildman–Crippen MR) is 73.8 cm³/mol. The number of aliphatic carboxylic acids is 1. The van der Waals surface area contributed by atoms with Crippen molar-refractivity contribution in [1.82, 2.24) is 4.90 Å². The molecule has 1 fully saturated rings. The maximum absolute atomic E-state index is 12.4. The first-order valence-corrected chi connectivity index (χ1v) is 6.72. The Balaban J connectivity index is 2.13. The predicted octanol–water partition coefficient (Wildman–Crippen LogP) is 1.87. The molecule has 2 atom stereocenters. The Bertz CT molecular complexity index is 497. The third kappa shape index (κ3) is 2.76. The number of amides is 1. The quantitative estimate of drug-likeness (QED) is 0.912. The van der Waals surface area contributed by atoms with Gasteiger partial charge < -0.3 is 14.7 Å². The van der Waals surface area contributed by atoms with E-state index in [1.165, 1.54) is 4.90 Å². The topological polar surface area (TPSA) is 66.8 Å². The second kappa shape index (κ2) is 5.94. The van der Waals surface area contributed by atoms with E-state index < -0.39 is 12.0 Å². The van der Waals surface area contributed by atoms with Crippen LogP contribution in [0.2, 0.25) is 0 Å². The second-order valence-corrected chi connectivity index (χ2v) is 5.02. The minimum Gasteiger partial charge on any atom is -0.497 e. The van der Waals surface area contributed by atoms with Crippen LogP contribution in [0.1, 0.15) is 31.2 Å². The Morgan fingerprint density at radius 1 is 1.35 bits per heavy atom. The van der Waals surface area contributed by atoms with E-state index in [-0.39, 0.29) is 11.8 Å². The third-order valence-electron chi connectivity index (χ3n) is 3.81. The van der Waals surface area contributed by atoms with Gasteiger partial charge in [0, 0.05) is 6.54 Å². The van der Waals surface area contributed by atoms with E-state index >= 15 is 0 Å². The van der Waals surface area contributed by atoms with Gasteiger partial charge in [0.15, 0.2) is 0 Å². The SMILES string of the molecule is COc1ccc(C(C)C(=O)N2CCCC2C(=O)O)cc1. The molecule has 1 aliphatic rings. The molecule has 2 unspecified atom stereocenters. The maximum atomic E-state index is 12.4. The molecule has 1 aliphatic heterocycles. The summed E-state index contributed by atoms with van der Waals surface area (Å²) in [6.07, 6.45) is 1.29. The molecule has 0 radical (unpaired) electrons. The molecule has 0 aliphatic carbocycles. The number of methoxy groups -OCH3 is 1. The lowest BCUT2D eigenvalue weighted by atomic mass is 9.99. The zero-order valence-corrected chi connectivity index (χ0v) is 11.7. The summed E-state index contributed by atoms with van der Waals surface area (Å²) in [6, 6.07) is 6.61.